The van der Waals surface area contributed by atoms with Crippen LogP contribution in [0.25, 0.3) is 0 Å². The summed E-state index contributed by atoms with van der Waals surface area (Å²) in [4.78, 5) is 128. The van der Waals surface area contributed by atoms with Crippen LogP contribution in [-0.2, 0) is 43.2 Å². The molecular formula is C48H87N15O13. The van der Waals surface area contributed by atoms with Crippen LogP contribution in [0, 0.1) is 0 Å². The highest BCUT2D eigenvalue weighted by Crippen LogP contribution is 2.21. The minimum atomic E-state index is -1.77. The van der Waals surface area contributed by atoms with Crippen LogP contribution >= 0.6 is 0 Å². The highest BCUT2D eigenvalue weighted by molar-refractivity contribution is 5.98. The number of amides is 8. The lowest BCUT2D eigenvalue weighted by atomic mass is 10.1. The molecule has 76 heavy (non-hydrogen) atoms. The lowest BCUT2D eigenvalue weighted by Crippen LogP contribution is -2.61. The molecule has 28 nitrogen and oxygen atoms in total. The normalized spacial score (nSPS) is 15.4. The number of carboxylic acids is 1. The Morgan fingerprint density at radius 1 is 0.579 bits per heavy atom. The van der Waals surface area contributed by atoms with E-state index in [0.29, 0.717) is 32.2 Å². The molecule has 0 spiro atoms. The van der Waals surface area contributed by atoms with Gasteiger partial charge in [0.2, 0.25) is 47.3 Å². The highest BCUT2D eigenvalue weighted by atomic mass is 16.4. The number of aliphatic carboxylic acids is 1. The lowest BCUT2D eigenvalue weighted by Gasteiger charge is -2.30. The fourth-order valence-electron chi connectivity index (χ4n) is 7.87. The predicted molar refractivity (Wildman–Crippen MR) is 282 cm³/mol. The third-order valence-electron chi connectivity index (χ3n) is 12.1. The summed E-state index contributed by atoms with van der Waals surface area (Å²) in [6.45, 7) is -0.970. The molecule has 1 aliphatic heterocycles. The van der Waals surface area contributed by atoms with Gasteiger partial charge in [0.15, 0.2) is 11.9 Å². The molecule has 8 amide bonds. The number of likely N-dealkylation sites (tertiary alicyclic amines) is 1. The van der Waals surface area contributed by atoms with Gasteiger partial charge in [0.05, 0.1) is 26.4 Å². The molecule has 0 aromatic heterocycles. The number of guanidine groups is 2. The van der Waals surface area contributed by atoms with Crippen molar-refractivity contribution in [2.75, 3.05) is 52.5 Å². The second-order valence-corrected chi connectivity index (χ2v) is 18.4. The maximum Gasteiger partial charge on any atom is 0.326 e. The third kappa shape index (κ3) is 28.3. The minimum absolute atomic E-state index is 0.0268. The number of nitrogens with zero attached hydrogens (tertiary/aromatic N) is 3. The van der Waals surface area contributed by atoms with Crippen molar-refractivity contribution in [2.24, 2.45) is 38.7 Å². The third-order valence-corrected chi connectivity index (χ3v) is 12.1. The number of hydrogen-bond acceptors (Lipinski definition) is 15. The Labute approximate surface area is 444 Å². The number of nitrogens with two attached hydrogens (primary N) is 5. The summed E-state index contributed by atoms with van der Waals surface area (Å²) >= 11 is 0. The van der Waals surface area contributed by atoms with Crippen molar-refractivity contribution >= 4 is 65.1 Å². The fraction of sp³-hybridized carbons (Fsp3) is 0.729. The molecule has 0 bridgehead atoms. The number of aliphatic hydroxyl groups excluding tert-OH is 3. The second-order valence-electron chi connectivity index (χ2n) is 18.4. The molecule has 1 fully saturated rings. The van der Waals surface area contributed by atoms with Gasteiger partial charge in [0.1, 0.15) is 42.3 Å². The molecule has 0 unspecified atom stereocenters. The Morgan fingerprint density at radius 3 is 1.61 bits per heavy atom. The number of carbonyl (C=O) groups is 9. The average molecular weight is 1080 g/mol. The smallest absolute Gasteiger partial charge is 0.326 e. The van der Waals surface area contributed by atoms with E-state index in [4.69, 9.17) is 28.7 Å². The molecule has 1 heterocycles. The van der Waals surface area contributed by atoms with Crippen molar-refractivity contribution in [3.8, 4) is 0 Å². The van der Waals surface area contributed by atoms with Gasteiger partial charge in [-0.2, -0.15) is 0 Å². The van der Waals surface area contributed by atoms with Gasteiger partial charge >= 0.3 is 5.97 Å². The van der Waals surface area contributed by atoms with Crippen molar-refractivity contribution in [2.45, 2.75) is 171 Å². The Hall–Kier alpha value is -6.65. The topological polar surface area (TPSA) is 477 Å². The van der Waals surface area contributed by atoms with E-state index in [-0.39, 0.29) is 82.4 Å². The summed E-state index contributed by atoms with van der Waals surface area (Å²) in [6, 6.07) is -10.4. The summed E-state index contributed by atoms with van der Waals surface area (Å²) in [5, 5.41) is 56.7. The maximum absolute atomic E-state index is 14.1. The zero-order valence-corrected chi connectivity index (χ0v) is 44.0. The van der Waals surface area contributed by atoms with Gasteiger partial charge < -0.3 is 91.2 Å². The SMILES string of the molecule is CCCC/C=C\CCCCCCCC(=O)NCC(=O)N[C@@H](CO)C(=O)N[C@@H](CO)C(=O)N[C@@H](CCCN=C(N)N)C(=O)N[C@@H](CO)C(=O)N[C@@H](CCCN=C(N)N)C(=O)N1CCC[C@H]1C(=O)N[C@@H](CCCCN)C(=O)O. The van der Waals surface area contributed by atoms with Gasteiger partial charge in [0, 0.05) is 26.1 Å². The van der Waals surface area contributed by atoms with E-state index < -0.39 is 116 Å². The molecule has 0 radical (unpaired) electrons. The summed E-state index contributed by atoms with van der Waals surface area (Å²) in [7, 11) is 0. The van der Waals surface area contributed by atoms with E-state index in [1.165, 1.54) is 11.3 Å². The van der Waals surface area contributed by atoms with E-state index in [1.54, 1.807) is 0 Å². The molecule has 28 heteroatoms. The van der Waals surface area contributed by atoms with Crippen LogP contribution in [0.1, 0.15) is 129 Å². The van der Waals surface area contributed by atoms with Gasteiger partial charge in [-0.3, -0.25) is 48.3 Å². The van der Waals surface area contributed by atoms with Crippen LogP contribution in [0.5, 0.6) is 0 Å². The van der Waals surface area contributed by atoms with Crippen LogP contribution < -0.4 is 65.9 Å². The standard InChI is InChI=1S/C48H87N15O13/c1-2-3-4-5-6-7-8-9-10-11-12-22-38(67)56-27-39(68)57-34(28-64)41(70)62-35(29-65)42(71)58-31(19-15-24-54-47(50)51)40(69)61-36(30-66)43(72)59-32(20-16-25-55-48(52)53)45(74)63-26-17-21-37(63)44(73)60-33(46(75)76)18-13-14-23-49/h5-6,31-37,64-66H,2-4,7-30,49H2,1H3,(H,56,67)(H,57,68)(H,58,71)(H,59,72)(H,60,73)(H,61,69)(H,62,70)(H,75,76)(H4,50,51,54)(H4,52,53,55)/b6-5-/t31-,32-,33-,34-,35-,36-,37-/m0/s1. The zero-order valence-electron chi connectivity index (χ0n) is 44.0. The van der Waals surface area contributed by atoms with Crippen LogP contribution in [0.3, 0.4) is 0 Å². The number of aliphatic imine (C=N–C) groups is 2. The monoisotopic (exact) mass is 1080 g/mol. The highest BCUT2D eigenvalue weighted by Gasteiger charge is 2.40. The molecule has 7 atom stereocenters. The number of unbranched alkanes of at least 4 members (excludes halogenated alkanes) is 8. The van der Waals surface area contributed by atoms with Gasteiger partial charge in [-0.15, -0.1) is 0 Å². The molecule has 1 saturated heterocycles. The number of allylic oxidation sites excluding steroid dienone is 2. The molecule has 0 aliphatic carbocycles. The average Bonchev–Trinajstić information content (AvgIpc) is 3.88. The van der Waals surface area contributed by atoms with Gasteiger partial charge in [-0.05, 0) is 90.0 Å². The van der Waals surface area contributed by atoms with Gasteiger partial charge in [-0.1, -0.05) is 51.2 Å². The van der Waals surface area contributed by atoms with Crippen molar-refractivity contribution in [3.05, 3.63) is 12.2 Å². The first kappa shape index (κ1) is 67.4. The van der Waals surface area contributed by atoms with E-state index in [9.17, 15) is 63.6 Å². The van der Waals surface area contributed by atoms with Crippen molar-refractivity contribution in [3.63, 3.8) is 0 Å². The van der Waals surface area contributed by atoms with E-state index in [1.807, 2.05) is 0 Å². The first-order valence-corrected chi connectivity index (χ1v) is 26.2. The van der Waals surface area contributed by atoms with Crippen LogP contribution in [0.2, 0.25) is 0 Å². The fourth-order valence-corrected chi connectivity index (χ4v) is 7.87. The Balaban J connectivity index is 3.07. The van der Waals surface area contributed by atoms with Gasteiger partial charge in [0.25, 0.3) is 0 Å². The lowest BCUT2D eigenvalue weighted by molar-refractivity contribution is -0.145. The van der Waals surface area contributed by atoms with Crippen LogP contribution in [0.4, 0.5) is 0 Å². The number of carbonyl (C=O) groups excluding carboxylic acids is 8. The first-order valence-electron chi connectivity index (χ1n) is 26.2. The van der Waals surface area contributed by atoms with Crippen molar-refractivity contribution < 1.29 is 63.6 Å². The van der Waals surface area contributed by atoms with E-state index in [0.717, 1.165) is 44.9 Å². The first-order chi connectivity index (χ1) is 36.3. The number of carboxylic acid groups (broad SMARTS) is 1. The maximum atomic E-state index is 14.1. The molecule has 0 saturated carbocycles. The molecule has 1 aliphatic rings. The molecule has 0 aromatic carbocycles. The molecule has 1 rings (SSSR count). The molecule has 0 aromatic rings. The number of nitrogens with one attached hydrogen (secondary N) is 7. The molecule has 21 N–H and O–H groups in total. The van der Waals surface area contributed by atoms with Crippen LogP contribution in [-0.4, -0.2) is 185 Å². The summed E-state index contributed by atoms with van der Waals surface area (Å²) < 4.78 is 0. The molecule has 432 valence electrons. The predicted octanol–water partition coefficient (Wildman–Crippen LogP) is -4.22. The van der Waals surface area contributed by atoms with E-state index >= 15 is 0 Å². The van der Waals surface area contributed by atoms with Crippen LogP contribution in [0.15, 0.2) is 22.1 Å². The zero-order chi connectivity index (χ0) is 56.8. The van der Waals surface area contributed by atoms with Gasteiger partial charge in [-0.25, -0.2) is 4.79 Å². The van der Waals surface area contributed by atoms with Crippen molar-refractivity contribution in [1.82, 2.24) is 42.1 Å². The number of aliphatic hydroxyl groups is 3. The quantitative estimate of drug-likeness (QED) is 0.0119. The largest absolute Gasteiger partial charge is 0.480 e. The summed E-state index contributed by atoms with van der Waals surface area (Å²) in [5.41, 5.74) is 27.3. The summed E-state index contributed by atoms with van der Waals surface area (Å²) in [6.07, 6.45) is 15.1. The number of rotatable bonds is 41. The second kappa shape index (κ2) is 39.7. The summed E-state index contributed by atoms with van der Waals surface area (Å²) in [5.74, 6) is -8.78. The Morgan fingerprint density at radius 2 is 1.07 bits per heavy atom. The Kier molecular flexibility index (Phi) is 35.2. The van der Waals surface area contributed by atoms with Crippen molar-refractivity contribution in [1.29, 1.82) is 0 Å². The Bertz CT molecular complexity index is 1920. The van der Waals surface area contributed by atoms with E-state index in [2.05, 4.69) is 66.3 Å². The minimum Gasteiger partial charge on any atom is -0.480 e. The number of hydrogen-bond donors (Lipinski definition) is 16. The molecular weight excluding hydrogens is 995 g/mol.